The lowest BCUT2D eigenvalue weighted by Gasteiger charge is -2.12. The summed E-state index contributed by atoms with van der Waals surface area (Å²) in [5.41, 5.74) is 1.11. The van der Waals surface area contributed by atoms with E-state index in [2.05, 4.69) is 20.7 Å². The zero-order chi connectivity index (χ0) is 9.10. The Labute approximate surface area is 81.9 Å². The van der Waals surface area contributed by atoms with Crippen LogP contribution in [0.4, 0.5) is 0 Å². The average Bonchev–Trinajstić information content (AvgIpc) is 2.53. The van der Waals surface area contributed by atoms with Gasteiger partial charge in [-0.3, -0.25) is 4.99 Å². The van der Waals surface area contributed by atoms with Crippen LogP contribution in [0.2, 0.25) is 0 Å². The molecule has 70 valence electrons. The Morgan fingerprint density at radius 2 is 2.54 bits per heavy atom. The van der Waals surface area contributed by atoms with E-state index in [0.29, 0.717) is 0 Å². The SMILES string of the molecule is Cc1csc(CC2=NCCCN2)n1. The molecular formula is C9H13N3S. The van der Waals surface area contributed by atoms with Crippen LogP contribution >= 0.6 is 11.3 Å². The molecular weight excluding hydrogens is 182 g/mol. The Bertz CT molecular complexity index is 316. The number of nitrogens with zero attached hydrogens (tertiary/aromatic N) is 2. The van der Waals surface area contributed by atoms with Crippen molar-refractivity contribution in [3.63, 3.8) is 0 Å². The van der Waals surface area contributed by atoms with Crippen LogP contribution in [-0.2, 0) is 6.42 Å². The number of aryl methyl sites for hydroxylation is 1. The molecule has 0 saturated heterocycles. The normalized spacial score (nSPS) is 16.5. The Morgan fingerprint density at radius 1 is 1.62 bits per heavy atom. The molecule has 3 nitrogen and oxygen atoms in total. The Morgan fingerprint density at radius 3 is 3.15 bits per heavy atom. The molecule has 0 saturated carbocycles. The van der Waals surface area contributed by atoms with Crippen molar-refractivity contribution >= 4 is 17.2 Å². The summed E-state index contributed by atoms with van der Waals surface area (Å²) in [4.78, 5) is 8.81. The van der Waals surface area contributed by atoms with E-state index >= 15 is 0 Å². The van der Waals surface area contributed by atoms with E-state index in [1.807, 2.05) is 6.92 Å². The Balaban J connectivity index is 2.01. The summed E-state index contributed by atoms with van der Waals surface area (Å²) in [6, 6.07) is 0. The fourth-order valence-electron chi connectivity index (χ4n) is 1.33. The standard InChI is InChI=1S/C9H13N3S/c1-7-6-13-9(12-7)5-8-10-3-2-4-11-8/h6H,2-5H2,1H3,(H,10,11). The van der Waals surface area contributed by atoms with Gasteiger partial charge in [-0.05, 0) is 13.3 Å². The summed E-state index contributed by atoms with van der Waals surface area (Å²) in [7, 11) is 0. The quantitative estimate of drug-likeness (QED) is 0.774. The van der Waals surface area contributed by atoms with E-state index in [1.165, 1.54) is 0 Å². The Hall–Kier alpha value is -0.900. The smallest absolute Gasteiger partial charge is 0.103 e. The van der Waals surface area contributed by atoms with E-state index in [0.717, 1.165) is 42.5 Å². The third kappa shape index (κ3) is 2.28. The van der Waals surface area contributed by atoms with E-state index in [9.17, 15) is 0 Å². The van der Waals surface area contributed by atoms with Crippen molar-refractivity contribution in [2.45, 2.75) is 19.8 Å². The van der Waals surface area contributed by atoms with Gasteiger partial charge in [-0.1, -0.05) is 0 Å². The second kappa shape index (κ2) is 3.87. The minimum absolute atomic E-state index is 0.874. The number of aliphatic imine (C=N–C) groups is 1. The van der Waals surface area contributed by atoms with Crippen molar-refractivity contribution in [1.29, 1.82) is 0 Å². The molecule has 0 aliphatic carbocycles. The minimum Gasteiger partial charge on any atom is -0.373 e. The fourth-order valence-corrected chi connectivity index (χ4v) is 2.10. The summed E-state index contributed by atoms with van der Waals surface area (Å²) in [6.07, 6.45) is 2.03. The predicted molar refractivity (Wildman–Crippen MR) is 55.5 cm³/mol. The van der Waals surface area contributed by atoms with Crippen LogP contribution in [0.25, 0.3) is 0 Å². The molecule has 0 unspecified atom stereocenters. The van der Waals surface area contributed by atoms with E-state index in [1.54, 1.807) is 11.3 Å². The molecule has 13 heavy (non-hydrogen) atoms. The molecule has 1 aromatic heterocycles. The highest BCUT2D eigenvalue weighted by molar-refractivity contribution is 7.09. The van der Waals surface area contributed by atoms with Crippen molar-refractivity contribution in [3.8, 4) is 0 Å². The van der Waals surface area contributed by atoms with Crippen LogP contribution in [0.1, 0.15) is 17.1 Å². The van der Waals surface area contributed by atoms with Crippen LogP contribution in [-0.4, -0.2) is 23.9 Å². The predicted octanol–water partition coefficient (Wildman–Crippen LogP) is 1.39. The highest BCUT2D eigenvalue weighted by Gasteiger charge is 2.06. The van der Waals surface area contributed by atoms with E-state index in [4.69, 9.17) is 0 Å². The summed E-state index contributed by atoms with van der Waals surface area (Å²) in [5, 5.41) is 6.53. The monoisotopic (exact) mass is 195 g/mol. The Kier molecular flexibility index (Phi) is 2.59. The third-order valence-electron chi connectivity index (χ3n) is 1.95. The van der Waals surface area contributed by atoms with Crippen molar-refractivity contribution < 1.29 is 0 Å². The molecule has 1 N–H and O–H groups in total. The number of aromatic nitrogens is 1. The summed E-state index contributed by atoms with van der Waals surface area (Å²) in [6.45, 7) is 4.05. The molecule has 2 heterocycles. The zero-order valence-corrected chi connectivity index (χ0v) is 8.52. The maximum atomic E-state index is 4.41. The van der Waals surface area contributed by atoms with Crippen molar-refractivity contribution in [1.82, 2.24) is 10.3 Å². The van der Waals surface area contributed by atoms with Gasteiger partial charge in [0.05, 0.1) is 6.42 Å². The van der Waals surface area contributed by atoms with Gasteiger partial charge < -0.3 is 5.32 Å². The molecule has 2 rings (SSSR count). The van der Waals surface area contributed by atoms with Crippen LogP contribution < -0.4 is 5.32 Å². The molecule has 0 atom stereocenters. The van der Waals surface area contributed by atoms with Gasteiger partial charge in [0, 0.05) is 24.2 Å². The molecule has 4 heteroatoms. The minimum atomic E-state index is 0.874. The molecule has 0 radical (unpaired) electrons. The van der Waals surface area contributed by atoms with Gasteiger partial charge in [0.25, 0.3) is 0 Å². The molecule has 0 fully saturated rings. The molecule has 0 amide bonds. The number of rotatable bonds is 2. The number of thiazole rings is 1. The fraction of sp³-hybridized carbons (Fsp3) is 0.556. The number of nitrogens with one attached hydrogen (secondary N) is 1. The number of hydrogen-bond acceptors (Lipinski definition) is 4. The topological polar surface area (TPSA) is 37.3 Å². The van der Waals surface area contributed by atoms with Gasteiger partial charge in [-0.2, -0.15) is 0 Å². The maximum absolute atomic E-state index is 4.41. The number of amidine groups is 1. The largest absolute Gasteiger partial charge is 0.373 e. The molecule has 1 aromatic rings. The van der Waals surface area contributed by atoms with Gasteiger partial charge >= 0.3 is 0 Å². The summed E-state index contributed by atoms with van der Waals surface area (Å²) >= 11 is 1.71. The van der Waals surface area contributed by atoms with Gasteiger partial charge in [0.15, 0.2) is 0 Å². The highest BCUT2D eigenvalue weighted by Crippen LogP contribution is 2.10. The van der Waals surface area contributed by atoms with Crippen molar-refractivity contribution in [2.75, 3.05) is 13.1 Å². The van der Waals surface area contributed by atoms with Gasteiger partial charge in [-0.15, -0.1) is 11.3 Å². The van der Waals surface area contributed by atoms with Crippen LogP contribution in [0, 0.1) is 6.92 Å². The van der Waals surface area contributed by atoms with Crippen molar-refractivity contribution in [2.24, 2.45) is 4.99 Å². The molecule has 0 aromatic carbocycles. The van der Waals surface area contributed by atoms with Crippen LogP contribution in [0.15, 0.2) is 10.4 Å². The first-order valence-corrected chi connectivity index (χ1v) is 5.41. The lowest BCUT2D eigenvalue weighted by molar-refractivity contribution is 0.731. The maximum Gasteiger partial charge on any atom is 0.103 e. The van der Waals surface area contributed by atoms with Crippen LogP contribution in [0.3, 0.4) is 0 Å². The number of hydrogen-bond donors (Lipinski definition) is 1. The first-order chi connectivity index (χ1) is 6.34. The highest BCUT2D eigenvalue weighted by atomic mass is 32.1. The van der Waals surface area contributed by atoms with Crippen LogP contribution in [0.5, 0.6) is 0 Å². The lowest BCUT2D eigenvalue weighted by atomic mass is 10.3. The second-order valence-electron chi connectivity index (χ2n) is 3.17. The molecule has 0 spiro atoms. The lowest BCUT2D eigenvalue weighted by Crippen LogP contribution is -2.30. The second-order valence-corrected chi connectivity index (χ2v) is 4.11. The summed E-state index contributed by atoms with van der Waals surface area (Å²) < 4.78 is 0. The molecule has 0 bridgehead atoms. The van der Waals surface area contributed by atoms with E-state index in [-0.39, 0.29) is 0 Å². The molecule has 1 aliphatic rings. The zero-order valence-electron chi connectivity index (χ0n) is 7.71. The summed E-state index contributed by atoms with van der Waals surface area (Å²) in [5.74, 6) is 1.10. The third-order valence-corrected chi connectivity index (χ3v) is 2.92. The first kappa shape index (κ1) is 8.69. The van der Waals surface area contributed by atoms with E-state index < -0.39 is 0 Å². The molecule has 1 aliphatic heterocycles. The average molecular weight is 195 g/mol. The van der Waals surface area contributed by atoms with Gasteiger partial charge in [0.2, 0.25) is 0 Å². The first-order valence-electron chi connectivity index (χ1n) is 4.53. The van der Waals surface area contributed by atoms with Gasteiger partial charge in [0.1, 0.15) is 10.8 Å². The van der Waals surface area contributed by atoms with Crippen molar-refractivity contribution in [3.05, 3.63) is 16.1 Å². The van der Waals surface area contributed by atoms with Gasteiger partial charge in [-0.25, -0.2) is 4.98 Å².